The fourth-order valence-electron chi connectivity index (χ4n) is 2.80. The fraction of sp³-hybridized carbons (Fsp3) is 0.643. The number of rotatable bonds is 2. The zero-order valence-electron chi connectivity index (χ0n) is 11.1. The van der Waals surface area contributed by atoms with Crippen LogP contribution < -0.4 is 0 Å². The van der Waals surface area contributed by atoms with Gasteiger partial charge in [0.25, 0.3) is 0 Å². The summed E-state index contributed by atoms with van der Waals surface area (Å²) in [6, 6.07) is 3.85. The Kier molecular flexibility index (Phi) is 4.74. The van der Waals surface area contributed by atoms with E-state index in [0.29, 0.717) is 0 Å². The molecule has 0 unspecified atom stereocenters. The Balaban J connectivity index is 0.00000128. The molecule has 0 amide bonds. The third kappa shape index (κ3) is 3.15. The Morgan fingerprint density at radius 3 is 2.44 bits per heavy atom. The third-order valence-corrected chi connectivity index (χ3v) is 4.86. The first kappa shape index (κ1) is 14.3. The van der Waals surface area contributed by atoms with Crippen molar-refractivity contribution in [3.63, 3.8) is 0 Å². The molecule has 0 aromatic heterocycles. The van der Waals surface area contributed by atoms with E-state index in [2.05, 4.69) is 32.6 Å². The molecule has 0 nitrogen and oxygen atoms in total. The summed E-state index contributed by atoms with van der Waals surface area (Å²) in [5, 5.41) is 0. The standard InChI is InChI=1S/C14H23Si.Ti/c1-11-9-12-7-5-6-8-13(12)14(11)10-15(2,3)4;/h9H,5-8,10H2,1-4H3;/q-1;. The van der Waals surface area contributed by atoms with Crippen LogP contribution in [-0.4, -0.2) is 8.07 Å². The van der Waals surface area contributed by atoms with Crippen molar-refractivity contribution in [3.05, 3.63) is 28.3 Å². The maximum absolute atomic E-state index is 2.48. The summed E-state index contributed by atoms with van der Waals surface area (Å²) in [5.74, 6) is 0. The van der Waals surface area contributed by atoms with Crippen molar-refractivity contribution >= 4 is 8.07 Å². The molecule has 0 heterocycles. The largest absolute Gasteiger partial charge is 0.207 e. The molecule has 0 spiro atoms. The molecule has 1 aromatic rings. The molecule has 0 saturated carbocycles. The van der Waals surface area contributed by atoms with Crippen molar-refractivity contribution < 1.29 is 21.7 Å². The summed E-state index contributed by atoms with van der Waals surface area (Å²) in [6.45, 7) is 9.76. The van der Waals surface area contributed by atoms with Gasteiger partial charge in [0.2, 0.25) is 0 Å². The molecule has 1 aliphatic rings. The van der Waals surface area contributed by atoms with Crippen LogP contribution in [0, 0.1) is 6.92 Å². The molecule has 0 N–H and O–H groups in total. The first-order chi connectivity index (χ1) is 6.97. The van der Waals surface area contributed by atoms with Gasteiger partial charge in [0.1, 0.15) is 0 Å². The van der Waals surface area contributed by atoms with Crippen LogP contribution in [0.3, 0.4) is 0 Å². The molecule has 2 heteroatoms. The molecule has 2 rings (SSSR count). The van der Waals surface area contributed by atoms with Crippen molar-refractivity contribution in [2.24, 2.45) is 0 Å². The van der Waals surface area contributed by atoms with Gasteiger partial charge in [-0.3, -0.25) is 0 Å². The van der Waals surface area contributed by atoms with Gasteiger partial charge in [0, 0.05) is 29.8 Å². The molecular weight excluding hydrogens is 244 g/mol. The van der Waals surface area contributed by atoms with Gasteiger partial charge >= 0.3 is 0 Å². The maximum atomic E-state index is 2.48. The van der Waals surface area contributed by atoms with E-state index in [1.807, 2.05) is 0 Å². The molecule has 0 fully saturated rings. The van der Waals surface area contributed by atoms with Gasteiger partial charge < -0.3 is 0 Å². The molecule has 0 saturated heterocycles. The van der Waals surface area contributed by atoms with Crippen molar-refractivity contribution in [2.45, 2.75) is 58.3 Å². The van der Waals surface area contributed by atoms with Crippen LogP contribution in [0.15, 0.2) is 6.07 Å². The molecule has 16 heavy (non-hydrogen) atoms. The normalized spacial score (nSPS) is 15.5. The van der Waals surface area contributed by atoms with E-state index in [9.17, 15) is 0 Å². The molecule has 0 aliphatic heterocycles. The molecule has 1 aliphatic carbocycles. The van der Waals surface area contributed by atoms with Crippen LogP contribution in [0.2, 0.25) is 19.6 Å². The van der Waals surface area contributed by atoms with Crippen LogP contribution in [-0.2, 0) is 40.6 Å². The third-order valence-electron chi connectivity index (χ3n) is 3.45. The van der Waals surface area contributed by atoms with Crippen LogP contribution >= 0.6 is 0 Å². The van der Waals surface area contributed by atoms with Crippen LogP contribution in [0.1, 0.15) is 35.1 Å². The number of aryl methyl sites for hydroxylation is 2. The number of hydrogen-bond donors (Lipinski definition) is 0. The minimum absolute atomic E-state index is 0. The van der Waals surface area contributed by atoms with Gasteiger partial charge in [0.15, 0.2) is 0 Å². The predicted octanol–water partition coefficient (Wildman–Crippen LogP) is 4.01. The van der Waals surface area contributed by atoms with Gasteiger partial charge in [-0.2, -0.15) is 22.3 Å². The van der Waals surface area contributed by atoms with E-state index in [1.54, 1.807) is 22.3 Å². The molecule has 0 radical (unpaired) electrons. The minimum Gasteiger partial charge on any atom is -0.207 e. The van der Waals surface area contributed by atoms with Crippen molar-refractivity contribution in [3.8, 4) is 0 Å². The van der Waals surface area contributed by atoms with Crippen molar-refractivity contribution in [1.29, 1.82) is 0 Å². The summed E-state index contributed by atoms with van der Waals surface area (Å²) >= 11 is 0. The number of hydrogen-bond acceptors (Lipinski definition) is 0. The zero-order chi connectivity index (χ0) is 11.1. The molecule has 88 valence electrons. The molecule has 1 aromatic carbocycles. The second-order valence-electron chi connectivity index (χ2n) is 6.25. The Labute approximate surface area is 116 Å². The zero-order valence-corrected chi connectivity index (χ0v) is 13.7. The van der Waals surface area contributed by atoms with Gasteiger partial charge in [-0.1, -0.05) is 58.3 Å². The number of fused-ring (bicyclic) bond motifs is 1. The van der Waals surface area contributed by atoms with Gasteiger partial charge in [-0.15, -0.1) is 0 Å². The van der Waals surface area contributed by atoms with Gasteiger partial charge in [-0.05, 0) is 0 Å². The van der Waals surface area contributed by atoms with Gasteiger partial charge in [0.05, 0.1) is 0 Å². The van der Waals surface area contributed by atoms with Crippen molar-refractivity contribution in [1.82, 2.24) is 0 Å². The smallest absolute Gasteiger partial charge is 0.0371 e. The van der Waals surface area contributed by atoms with E-state index >= 15 is 0 Å². The average molecular weight is 267 g/mol. The first-order valence-electron chi connectivity index (χ1n) is 6.24. The molecule has 0 atom stereocenters. The predicted molar refractivity (Wildman–Crippen MR) is 70.5 cm³/mol. The minimum atomic E-state index is -0.952. The Hall–Kier alpha value is 0.281. The van der Waals surface area contributed by atoms with Gasteiger partial charge in [-0.25, -0.2) is 6.07 Å². The molecule has 0 bridgehead atoms. The first-order valence-corrected chi connectivity index (χ1v) is 9.95. The average Bonchev–Trinajstić information content (AvgIpc) is 2.41. The summed E-state index contributed by atoms with van der Waals surface area (Å²) < 4.78 is 0. The second kappa shape index (κ2) is 5.29. The summed E-state index contributed by atoms with van der Waals surface area (Å²) in [5.41, 5.74) is 6.71. The van der Waals surface area contributed by atoms with E-state index in [0.717, 1.165) is 0 Å². The Bertz CT molecular complexity index is 358. The Morgan fingerprint density at radius 1 is 1.19 bits per heavy atom. The second-order valence-corrected chi connectivity index (χ2v) is 11.7. The SMILES string of the molecule is Cc1cc2c([c-]1C[Si](C)(C)C)CCCC2.[Ti]. The van der Waals surface area contributed by atoms with Crippen LogP contribution in [0.5, 0.6) is 0 Å². The Morgan fingerprint density at radius 2 is 1.81 bits per heavy atom. The summed E-state index contributed by atoms with van der Waals surface area (Å²) in [4.78, 5) is 0. The van der Waals surface area contributed by atoms with E-state index in [4.69, 9.17) is 0 Å². The monoisotopic (exact) mass is 267 g/mol. The summed E-state index contributed by atoms with van der Waals surface area (Å²) in [6.07, 6.45) is 5.50. The van der Waals surface area contributed by atoms with Crippen molar-refractivity contribution in [2.75, 3.05) is 0 Å². The van der Waals surface area contributed by atoms with E-state index < -0.39 is 8.07 Å². The topological polar surface area (TPSA) is 0 Å². The fourth-order valence-corrected chi connectivity index (χ4v) is 4.35. The van der Waals surface area contributed by atoms with E-state index in [1.165, 1.54) is 31.7 Å². The van der Waals surface area contributed by atoms with Crippen LogP contribution in [0.25, 0.3) is 0 Å². The summed E-state index contributed by atoms with van der Waals surface area (Å²) in [7, 11) is -0.952. The van der Waals surface area contributed by atoms with E-state index in [-0.39, 0.29) is 21.7 Å². The quantitative estimate of drug-likeness (QED) is 0.561. The van der Waals surface area contributed by atoms with Crippen LogP contribution in [0.4, 0.5) is 0 Å². The maximum Gasteiger partial charge on any atom is 0.0371 e. The molecular formula is C14H23SiTi-.